The predicted molar refractivity (Wildman–Crippen MR) is 127 cm³/mol. The number of benzene rings is 2. The summed E-state index contributed by atoms with van der Waals surface area (Å²) in [7, 11) is 4.08. The average Bonchev–Trinajstić information content (AvgIpc) is 3.13. The van der Waals surface area contributed by atoms with Crippen LogP contribution in [0.25, 0.3) is 21.8 Å². The van der Waals surface area contributed by atoms with Gasteiger partial charge in [-0.05, 0) is 46.1 Å². The van der Waals surface area contributed by atoms with Crippen molar-refractivity contribution in [2.75, 3.05) is 14.1 Å². The summed E-state index contributed by atoms with van der Waals surface area (Å²) in [6.45, 7) is 4.67. The van der Waals surface area contributed by atoms with Gasteiger partial charge in [0.25, 0.3) is 0 Å². The Hall–Kier alpha value is -3.60. The molecule has 0 unspecified atom stereocenters. The van der Waals surface area contributed by atoms with Crippen LogP contribution in [0.4, 0.5) is 0 Å². The van der Waals surface area contributed by atoms with E-state index in [1.807, 2.05) is 70.4 Å². The largest absolute Gasteiger partial charge is 0.438 e. The molecule has 2 aromatic heterocycles. The molecule has 0 aliphatic rings. The van der Waals surface area contributed by atoms with E-state index >= 15 is 0 Å². The normalized spacial score (nSPS) is 10.9. The fourth-order valence-electron chi connectivity index (χ4n) is 3.29. The van der Waals surface area contributed by atoms with Crippen molar-refractivity contribution < 1.29 is 4.74 Å². The number of ether oxygens (including phenoxy) is 1. The van der Waals surface area contributed by atoms with Crippen LogP contribution in [0.1, 0.15) is 22.0 Å². The van der Waals surface area contributed by atoms with E-state index in [9.17, 15) is 5.26 Å². The minimum atomic E-state index is 0.425. The maximum atomic E-state index is 9.42. The smallest absolute Gasteiger partial charge is 0.223 e. The monoisotopic (exact) mass is 441 g/mol. The molecule has 0 saturated carbocycles. The van der Waals surface area contributed by atoms with E-state index in [4.69, 9.17) is 9.72 Å². The van der Waals surface area contributed by atoms with Gasteiger partial charge in [-0.15, -0.1) is 11.3 Å². The highest BCUT2D eigenvalue weighted by atomic mass is 32.1. The zero-order valence-corrected chi connectivity index (χ0v) is 19.3. The SMILES string of the molecule is Cc1nc(Oc2cc(C#N)ccc2-c2nc(C)c(CN(C)C)s2)cc(-c2ccccc2)n1. The van der Waals surface area contributed by atoms with Crippen molar-refractivity contribution in [2.24, 2.45) is 0 Å². The summed E-state index contributed by atoms with van der Waals surface area (Å²) in [6.07, 6.45) is 0. The third-order valence-corrected chi connectivity index (χ3v) is 5.97. The molecule has 4 aromatic rings. The van der Waals surface area contributed by atoms with Crippen LogP contribution in [-0.2, 0) is 6.54 Å². The lowest BCUT2D eigenvalue weighted by molar-refractivity contribution is 0.405. The van der Waals surface area contributed by atoms with Gasteiger partial charge >= 0.3 is 0 Å². The minimum absolute atomic E-state index is 0.425. The first-order chi connectivity index (χ1) is 15.4. The molecule has 6 nitrogen and oxygen atoms in total. The quantitative estimate of drug-likeness (QED) is 0.387. The number of thiazole rings is 1. The second kappa shape index (κ2) is 9.27. The van der Waals surface area contributed by atoms with Gasteiger partial charge in [-0.3, -0.25) is 0 Å². The van der Waals surface area contributed by atoms with Gasteiger partial charge in [0.1, 0.15) is 16.6 Å². The van der Waals surface area contributed by atoms with Gasteiger partial charge in [0.2, 0.25) is 5.88 Å². The topological polar surface area (TPSA) is 74.9 Å². The second-order valence-corrected chi connectivity index (χ2v) is 8.78. The van der Waals surface area contributed by atoms with E-state index in [1.54, 1.807) is 23.5 Å². The van der Waals surface area contributed by atoms with Crippen LogP contribution in [0.2, 0.25) is 0 Å². The standard InChI is InChI=1S/C25H23N5OS/c1-16-23(15-30(3)4)32-25(27-16)20-11-10-18(14-26)12-22(20)31-24-13-21(28-17(2)29-24)19-8-6-5-7-9-19/h5-13H,15H2,1-4H3. The van der Waals surface area contributed by atoms with Crippen LogP contribution in [0.15, 0.2) is 54.6 Å². The Morgan fingerprint density at radius 2 is 1.78 bits per heavy atom. The van der Waals surface area contributed by atoms with Gasteiger partial charge in [-0.1, -0.05) is 30.3 Å². The number of nitrogens with zero attached hydrogens (tertiary/aromatic N) is 5. The number of hydrogen-bond acceptors (Lipinski definition) is 7. The summed E-state index contributed by atoms with van der Waals surface area (Å²) in [5, 5.41) is 10.3. The summed E-state index contributed by atoms with van der Waals surface area (Å²) in [4.78, 5) is 17.1. The molecule has 0 aliphatic heterocycles. The molecule has 2 aromatic carbocycles. The molecule has 4 rings (SSSR count). The molecule has 7 heteroatoms. The van der Waals surface area contributed by atoms with E-state index in [2.05, 4.69) is 20.9 Å². The van der Waals surface area contributed by atoms with Gasteiger partial charge in [-0.2, -0.15) is 10.2 Å². The number of rotatable bonds is 6. The molecule has 0 aliphatic carbocycles. The summed E-state index contributed by atoms with van der Waals surface area (Å²) in [5.74, 6) is 1.58. The highest BCUT2D eigenvalue weighted by Gasteiger charge is 2.17. The van der Waals surface area contributed by atoms with Gasteiger partial charge in [0, 0.05) is 23.1 Å². The van der Waals surface area contributed by atoms with Crippen LogP contribution in [0.5, 0.6) is 11.6 Å². The predicted octanol–water partition coefficient (Wildman–Crippen LogP) is 5.61. The summed E-state index contributed by atoms with van der Waals surface area (Å²) < 4.78 is 6.23. The van der Waals surface area contributed by atoms with E-state index in [0.717, 1.165) is 34.1 Å². The maximum Gasteiger partial charge on any atom is 0.223 e. The zero-order valence-electron chi connectivity index (χ0n) is 18.5. The molecule has 0 fully saturated rings. The van der Waals surface area contributed by atoms with Gasteiger partial charge in [-0.25, -0.2) is 9.97 Å². The highest BCUT2D eigenvalue weighted by molar-refractivity contribution is 7.15. The van der Waals surface area contributed by atoms with E-state index in [1.165, 1.54) is 4.88 Å². The number of aryl methyl sites for hydroxylation is 2. The molecule has 0 radical (unpaired) electrons. The van der Waals surface area contributed by atoms with Crippen molar-refractivity contribution in [3.63, 3.8) is 0 Å². The van der Waals surface area contributed by atoms with Gasteiger partial charge in [0.15, 0.2) is 0 Å². The second-order valence-electron chi connectivity index (χ2n) is 7.69. The molecular formula is C25H23N5OS. The van der Waals surface area contributed by atoms with Crippen molar-refractivity contribution in [1.29, 1.82) is 5.26 Å². The van der Waals surface area contributed by atoms with Crippen LogP contribution in [0.3, 0.4) is 0 Å². The Labute approximate surface area is 191 Å². The summed E-state index contributed by atoms with van der Waals surface area (Å²) in [6, 6.07) is 19.3. The van der Waals surface area contributed by atoms with Crippen molar-refractivity contribution >= 4 is 11.3 Å². The molecule has 32 heavy (non-hydrogen) atoms. The van der Waals surface area contributed by atoms with Crippen LogP contribution in [0, 0.1) is 25.2 Å². The number of aromatic nitrogens is 3. The van der Waals surface area contributed by atoms with Gasteiger partial charge in [0.05, 0.1) is 28.6 Å². The van der Waals surface area contributed by atoms with E-state index < -0.39 is 0 Å². The van der Waals surface area contributed by atoms with Crippen molar-refractivity contribution in [2.45, 2.75) is 20.4 Å². The Morgan fingerprint density at radius 1 is 1.00 bits per heavy atom. The molecule has 0 amide bonds. The summed E-state index contributed by atoms with van der Waals surface area (Å²) in [5.41, 5.74) is 4.11. The molecule has 0 bridgehead atoms. The molecule has 160 valence electrons. The third-order valence-electron chi connectivity index (χ3n) is 4.79. The van der Waals surface area contributed by atoms with E-state index in [-0.39, 0.29) is 0 Å². The number of hydrogen-bond donors (Lipinski definition) is 0. The molecule has 0 spiro atoms. The maximum absolute atomic E-state index is 9.42. The summed E-state index contributed by atoms with van der Waals surface area (Å²) >= 11 is 1.63. The molecule has 2 heterocycles. The Morgan fingerprint density at radius 3 is 2.50 bits per heavy atom. The van der Waals surface area contributed by atoms with Crippen molar-refractivity contribution in [3.8, 4) is 39.5 Å². The molecule has 0 saturated heterocycles. The third kappa shape index (κ3) is 4.83. The first-order valence-electron chi connectivity index (χ1n) is 10.2. The van der Waals surface area contributed by atoms with E-state index in [0.29, 0.717) is 23.0 Å². The zero-order chi connectivity index (χ0) is 22.7. The number of nitriles is 1. The lowest BCUT2D eigenvalue weighted by Crippen LogP contribution is -2.10. The fraction of sp³-hybridized carbons (Fsp3) is 0.200. The fourth-order valence-corrected chi connectivity index (χ4v) is 4.50. The van der Waals surface area contributed by atoms with Gasteiger partial charge < -0.3 is 9.64 Å². The van der Waals surface area contributed by atoms with Crippen molar-refractivity contribution in [1.82, 2.24) is 19.9 Å². The van der Waals surface area contributed by atoms with Crippen LogP contribution < -0.4 is 4.74 Å². The molecule has 0 N–H and O–H groups in total. The molecular weight excluding hydrogens is 418 g/mol. The van der Waals surface area contributed by atoms with Crippen molar-refractivity contribution in [3.05, 3.63) is 76.6 Å². The first-order valence-corrected chi connectivity index (χ1v) is 11.0. The lowest BCUT2D eigenvalue weighted by Gasteiger charge is -2.11. The lowest BCUT2D eigenvalue weighted by atomic mass is 10.1. The minimum Gasteiger partial charge on any atom is -0.438 e. The highest BCUT2D eigenvalue weighted by Crippen LogP contribution is 2.37. The van der Waals surface area contributed by atoms with Crippen LogP contribution in [-0.4, -0.2) is 33.9 Å². The Bertz CT molecular complexity index is 1290. The Balaban J connectivity index is 1.75. The molecule has 0 atom stereocenters. The van der Waals surface area contributed by atoms with Crippen LogP contribution >= 0.6 is 11.3 Å². The average molecular weight is 442 g/mol. The Kier molecular flexibility index (Phi) is 6.26. The first kappa shape index (κ1) is 21.6.